The Bertz CT molecular complexity index is 2390. The van der Waals surface area contributed by atoms with Crippen molar-refractivity contribution in [2.75, 3.05) is 0 Å². The van der Waals surface area contributed by atoms with Crippen LogP contribution in [0.4, 0.5) is 0 Å². The van der Waals surface area contributed by atoms with E-state index < -0.39 is 0 Å². The van der Waals surface area contributed by atoms with E-state index in [1.54, 1.807) is 0 Å². The highest BCUT2D eigenvalue weighted by atomic mass is 14.3. The van der Waals surface area contributed by atoms with Crippen LogP contribution in [0.1, 0.15) is 11.1 Å². The van der Waals surface area contributed by atoms with Gasteiger partial charge in [0, 0.05) is 0 Å². The second-order valence-corrected chi connectivity index (χ2v) is 11.7. The van der Waals surface area contributed by atoms with Gasteiger partial charge < -0.3 is 0 Å². The van der Waals surface area contributed by atoms with Crippen molar-refractivity contribution in [2.45, 2.75) is 0 Å². The normalized spacial score (nSPS) is 12.1. The molecule has 0 heterocycles. The van der Waals surface area contributed by atoms with E-state index in [4.69, 9.17) is 0 Å². The van der Waals surface area contributed by atoms with Gasteiger partial charge in [-0.1, -0.05) is 158 Å². The standard InChI is InChI=1S/C44H28/c1-28-31-15-4-5-17-34(31)42-27-30(25-26-32(28)42)43-38-20-8-10-22-40(38)44(41-23-11-9-21-39(41)43)37-19-7-6-18-36(37)35-24-12-14-29-13-2-3-16-33(29)35/h2-27H,1H2. The molecule has 44 heavy (non-hydrogen) atoms. The fraction of sp³-hybridized carbons (Fsp3) is 0. The average molecular weight is 557 g/mol. The van der Waals surface area contributed by atoms with Crippen LogP contribution in [0.15, 0.2) is 164 Å². The third-order valence-corrected chi connectivity index (χ3v) is 9.38. The molecular formula is C44H28. The molecular weight excluding hydrogens is 528 g/mol. The summed E-state index contributed by atoms with van der Waals surface area (Å²) >= 11 is 0. The van der Waals surface area contributed by atoms with Crippen LogP contribution in [0.2, 0.25) is 0 Å². The van der Waals surface area contributed by atoms with Crippen molar-refractivity contribution in [2.24, 2.45) is 0 Å². The predicted octanol–water partition coefficient (Wildman–Crippen LogP) is 12.2. The number of hydrogen-bond donors (Lipinski definition) is 0. The van der Waals surface area contributed by atoms with E-state index in [-0.39, 0.29) is 0 Å². The SMILES string of the molecule is C=C1c2ccccc2-c2cc(-c3c4ccccc4c(-c4ccccc4-c4cccc5ccccc45)c4ccccc34)ccc21. The number of benzene rings is 8. The van der Waals surface area contributed by atoms with Crippen LogP contribution < -0.4 is 0 Å². The van der Waals surface area contributed by atoms with E-state index in [1.807, 2.05) is 0 Å². The fourth-order valence-electron chi connectivity index (χ4n) is 7.44. The van der Waals surface area contributed by atoms with Crippen LogP contribution in [0.25, 0.3) is 82.4 Å². The van der Waals surface area contributed by atoms with Crippen LogP contribution in [-0.2, 0) is 0 Å². The molecule has 0 N–H and O–H groups in total. The van der Waals surface area contributed by atoms with E-state index in [9.17, 15) is 0 Å². The zero-order chi connectivity index (χ0) is 29.2. The summed E-state index contributed by atoms with van der Waals surface area (Å²) in [5.74, 6) is 0. The Balaban J connectivity index is 1.36. The van der Waals surface area contributed by atoms with Gasteiger partial charge in [-0.3, -0.25) is 0 Å². The summed E-state index contributed by atoms with van der Waals surface area (Å²) in [6, 6.07) is 57.7. The summed E-state index contributed by atoms with van der Waals surface area (Å²) < 4.78 is 0. The molecule has 0 bridgehead atoms. The molecule has 0 fully saturated rings. The molecule has 8 aromatic carbocycles. The maximum absolute atomic E-state index is 4.44. The van der Waals surface area contributed by atoms with E-state index in [0.717, 1.165) is 5.57 Å². The van der Waals surface area contributed by atoms with Crippen molar-refractivity contribution in [3.63, 3.8) is 0 Å². The van der Waals surface area contributed by atoms with Gasteiger partial charge in [0.1, 0.15) is 0 Å². The van der Waals surface area contributed by atoms with Crippen molar-refractivity contribution in [3.05, 3.63) is 175 Å². The highest BCUT2D eigenvalue weighted by Gasteiger charge is 2.24. The second kappa shape index (κ2) is 9.66. The molecule has 0 unspecified atom stereocenters. The van der Waals surface area contributed by atoms with Crippen molar-refractivity contribution in [1.29, 1.82) is 0 Å². The first-order valence-corrected chi connectivity index (χ1v) is 15.2. The van der Waals surface area contributed by atoms with Gasteiger partial charge in [-0.05, 0) is 99.6 Å². The average Bonchev–Trinajstić information content (AvgIpc) is 3.37. The van der Waals surface area contributed by atoms with Gasteiger partial charge >= 0.3 is 0 Å². The third kappa shape index (κ3) is 3.58. The molecule has 0 spiro atoms. The number of hydrogen-bond acceptors (Lipinski definition) is 0. The summed E-state index contributed by atoms with van der Waals surface area (Å²) in [5.41, 5.74) is 13.6. The topological polar surface area (TPSA) is 0 Å². The first-order chi connectivity index (χ1) is 21.8. The zero-order valence-electron chi connectivity index (χ0n) is 24.2. The lowest BCUT2D eigenvalue weighted by Crippen LogP contribution is -1.93. The largest absolute Gasteiger partial charge is 0.0905 e. The monoisotopic (exact) mass is 556 g/mol. The molecule has 0 heteroatoms. The van der Waals surface area contributed by atoms with E-state index >= 15 is 0 Å². The molecule has 8 aromatic rings. The molecule has 0 nitrogen and oxygen atoms in total. The first kappa shape index (κ1) is 24.8. The van der Waals surface area contributed by atoms with Crippen LogP contribution in [0.5, 0.6) is 0 Å². The van der Waals surface area contributed by atoms with E-state index in [2.05, 4.69) is 164 Å². The quantitative estimate of drug-likeness (QED) is 0.190. The molecule has 9 rings (SSSR count). The van der Waals surface area contributed by atoms with E-state index in [1.165, 1.54) is 88.0 Å². The van der Waals surface area contributed by atoms with Crippen LogP contribution in [0.3, 0.4) is 0 Å². The maximum Gasteiger partial charge on any atom is -0.00201 e. The first-order valence-electron chi connectivity index (χ1n) is 15.2. The predicted molar refractivity (Wildman–Crippen MR) is 189 cm³/mol. The van der Waals surface area contributed by atoms with Gasteiger partial charge in [0.05, 0.1) is 0 Å². The Kier molecular flexibility index (Phi) is 5.45. The third-order valence-electron chi connectivity index (χ3n) is 9.38. The lowest BCUT2D eigenvalue weighted by atomic mass is 9.83. The van der Waals surface area contributed by atoms with Gasteiger partial charge in [0.15, 0.2) is 0 Å². The molecule has 0 amide bonds. The summed E-state index contributed by atoms with van der Waals surface area (Å²) in [6.45, 7) is 4.44. The van der Waals surface area contributed by atoms with Crippen molar-refractivity contribution in [1.82, 2.24) is 0 Å². The molecule has 1 aliphatic carbocycles. The minimum atomic E-state index is 1.11. The highest BCUT2D eigenvalue weighted by molar-refractivity contribution is 6.23. The molecule has 0 atom stereocenters. The second-order valence-electron chi connectivity index (χ2n) is 11.7. The summed E-state index contributed by atoms with van der Waals surface area (Å²) in [7, 11) is 0. The Morgan fingerprint density at radius 2 is 0.750 bits per heavy atom. The van der Waals surface area contributed by atoms with Gasteiger partial charge in [-0.15, -0.1) is 0 Å². The molecule has 0 radical (unpaired) electrons. The van der Waals surface area contributed by atoms with Crippen molar-refractivity contribution < 1.29 is 0 Å². The van der Waals surface area contributed by atoms with Crippen LogP contribution >= 0.6 is 0 Å². The van der Waals surface area contributed by atoms with Gasteiger partial charge in [0.25, 0.3) is 0 Å². The Morgan fingerprint density at radius 3 is 1.43 bits per heavy atom. The molecule has 204 valence electrons. The van der Waals surface area contributed by atoms with E-state index in [0.29, 0.717) is 0 Å². The Morgan fingerprint density at radius 1 is 0.295 bits per heavy atom. The Hall–Kier alpha value is -5.72. The lowest BCUT2D eigenvalue weighted by molar-refractivity contribution is 1.62. The molecule has 1 aliphatic rings. The minimum absolute atomic E-state index is 1.11. The molecule has 0 aliphatic heterocycles. The van der Waals surface area contributed by atoms with Crippen molar-refractivity contribution >= 4 is 37.9 Å². The smallest absolute Gasteiger partial charge is 0.00201 e. The molecule has 0 saturated heterocycles. The van der Waals surface area contributed by atoms with Gasteiger partial charge in [0.2, 0.25) is 0 Å². The number of fused-ring (bicyclic) bond motifs is 6. The van der Waals surface area contributed by atoms with Gasteiger partial charge in [-0.25, -0.2) is 0 Å². The maximum atomic E-state index is 4.44. The minimum Gasteiger partial charge on any atom is -0.0905 e. The summed E-state index contributed by atoms with van der Waals surface area (Å²) in [5, 5.41) is 7.58. The fourth-order valence-corrected chi connectivity index (χ4v) is 7.44. The number of rotatable bonds is 3. The molecule has 0 aromatic heterocycles. The summed E-state index contributed by atoms with van der Waals surface area (Å²) in [4.78, 5) is 0. The summed E-state index contributed by atoms with van der Waals surface area (Å²) in [6.07, 6.45) is 0. The highest BCUT2D eigenvalue weighted by Crippen LogP contribution is 2.49. The van der Waals surface area contributed by atoms with Crippen LogP contribution in [-0.4, -0.2) is 0 Å². The van der Waals surface area contributed by atoms with Crippen molar-refractivity contribution in [3.8, 4) is 44.5 Å². The van der Waals surface area contributed by atoms with Gasteiger partial charge in [-0.2, -0.15) is 0 Å². The zero-order valence-corrected chi connectivity index (χ0v) is 24.2. The van der Waals surface area contributed by atoms with Crippen LogP contribution in [0, 0.1) is 0 Å². The molecule has 0 saturated carbocycles. The lowest BCUT2D eigenvalue weighted by Gasteiger charge is -2.20. The Labute approximate surface area is 257 Å².